The summed E-state index contributed by atoms with van der Waals surface area (Å²) in [6.07, 6.45) is 3.21. The lowest BCUT2D eigenvalue weighted by molar-refractivity contribution is 0.284. The summed E-state index contributed by atoms with van der Waals surface area (Å²) in [6.45, 7) is 3.21. The fourth-order valence-corrected chi connectivity index (χ4v) is 2.25. The Labute approximate surface area is 141 Å². The monoisotopic (exact) mass is 324 g/mol. The number of nitrogens with zero attached hydrogens (tertiary/aromatic N) is 3. The molecule has 0 unspecified atom stereocenters. The number of benzene rings is 2. The third-order valence-electron chi connectivity index (χ3n) is 3.63. The van der Waals surface area contributed by atoms with Crippen LogP contribution in [0, 0.1) is 6.92 Å². The van der Waals surface area contributed by atoms with Crippen LogP contribution in [-0.4, -0.2) is 22.0 Å². The number of nitrogens with one attached hydrogen (secondary N) is 1. The fraction of sp³-hybridized carbons (Fsp3) is 0.222. The third-order valence-corrected chi connectivity index (χ3v) is 3.63. The van der Waals surface area contributed by atoms with Gasteiger partial charge in [-0.25, -0.2) is 4.68 Å². The normalized spacial score (nSPS) is 10.4. The minimum atomic E-state index is 0.509. The van der Waals surface area contributed by atoms with Crippen LogP contribution in [0.15, 0.2) is 55.1 Å². The van der Waals surface area contributed by atoms with Crippen LogP contribution >= 0.6 is 0 Å². The Morgan fingerprint density at radius 1 is 0.958 bits per heavy atom. The molecule has 1 heterocycles. The molecule has 124 valence electrons. The first-order valence-electron chi connectivity index (χ1n) is 7.68. The zero-order chi connectivity index (χ0) is 16.8. The second-order valence-corrected chi connectivity index (χ2v) is 5.46. The first kappa shape index (κ1) is 15.9. The number of methoxy groups -OCH3 is 1. The number of hydrogen-bond donors (Lipinski definition) is 1. The molecule has 0 radical (unpaired) electrons. The fourth-order valence-electron chi connectivity index (χ4n) is 2.25. The lowest BCUT2D eigenvalue weighted by Crippen LogP contribution is -2.12. The maximum atomic E-state index is 5.89. The molecule has 0 spiro atoms. The molecule has 0 amide bonds. The summed E-state index contributed by atoms with van der Waals surface area (Å²) < 4.78 is 13.0. The molecule has 0 fully saturated rings. The van der Waals surface area contributed by atoms with Gasteiger partial charge in [0, 0.05) is 0 Å². The second kappa shape index (κ2) is 7.50. The van der Waals surface area contributed by atoms with Crippen LogP contribution in [0.4, 0.5) is 0 Å². The van der Waals surface area contributed by atoms with Gasteiger partial charge in [-0.3, -0.25) is 0 Å². The summed E-state index contributed by atoms with van der Waals surface area (Å²) in [4.78, 5) is 0. The van der Waals surface area contributed by atoms with E-state index < -0.39 is 0 Å². The zero-order valence-electron chi connectivity index (χ0n) is 13.8. The summed E-state index contributed by atoms with van der Waals surface area (Å²) >= 11 is 0. The molecule has 0 saturated carbocycles. The van der Waals surface area contributed by atoms with Gasteiger partial charge in [-0.15, -0.1) is 10.2 Å². The minimum Gasteiger partial charge on any atom is -0.493 e. The third kappa shape index (κ3) is 4.04. The van der Waals surface area contributed by atoms with Crippen molar-refractivity contribution >= 4 is 0 Å². The van der Waals surface area contributed by atoms with Crippen molar-refractivity contribution in [3.63, 3.8) is 0 Å². The number of hydrogen-bond acceptors (Lipinski definition) is 5. The van der Waals surface area contributed by atoms with Crippen LogP contribution in [0.25, 0.3) is 0 Å². The van der Waals surface area contributed by atoms with Crippen molar-refractivity contribution in [2.45, 2.75) is 20.1 Å². The van der Waals surface area contributed by atoms with Crippen LogP contribution in [0.1, 0.15) is 16.7 Å². The van der Waals surface area contributed by atoms with Gasteiger partial charge in [-0.1, -0.05) is 35.9 Å². The Balaban J connectivity index is 1.63. The van der Waals surface area contributed by atoms with E-state index in [4.69, 9.17) is 9.47 Å². The van der Waals surface area contributed by atoms with Crippen molar-refractivity contribution in [1.82, 2.24) is 14.9 Å². The lowest BCUT2D eigenvalue weighted by Gasteiger charge is -2.13. The summed E-state index contributed by atoms with van der Waals surface area (Å²) in [5, 5.41) is 7.49. The summed E-state index contributed by atoms with van der Waals surface area (Å²) in [6, 6.07) is 14.2. The van der Waals surface area contributed by atoms with Gasteiger partial charge in [0.1, 0.15) is 19.3 Å². The Morgan fingerprint density at radius 3 is 2.38 bits per heavy atom. The van der Waals surface area contributed by atoms with Crippen LogP contribution in [-0.2, 0) is 13.2 Å². The Morgan fingerprint density at radius 2 is 1.67 bits per heavy atom. The summed E-state index contributed by atoms with van der Waals surface area (Å²) in [7, 11) is 1.64. The van der Waals surface area contributed by atoms with E-state index in [1.165, 1.54) is 5.56 Å². The van der Waals surface area contributed by atoms with E-state index in [9.17, 15) is 0 Å². The molecule has 3 aromatic rings. The van der Waals surface area contributed by atoms with Gasteiger partial charge in [0.05, 0.1) is 13.7 Å². The highest BCUT2D eigenvalue weighted by atomic mass is 16.5. The molecule has 3 rings (SSSR count). The van der Waals surface area contributed by atoms with Crippen LogP contribution in [0.5, 0.6) is 11.5 Å². The highest BCUT2D eigenvalue weighted by Crippen LogP contribution is 2.29. The van der Waals surface area contributed by atoms with Crippen molar-refractivity contribution in [2.24, 2.45) is 0 Å². The molecule has 1 N–H and O–H groups in total. The van der Waals surface area contributed by atoms with Crippen molar-refractivity contribution in [3.8, 4) is 11.5 Å². The second-order valence-electron chi connectivity index (χ2n) is 5.46. The first-order valence-corrected chi connectivity index (χ1v) is 7.68. The maximum Gasteiger partial charge on any atom is 0.161 e. The van der Waals surface area contributed by atoms with Crippen LogP contribution in [0.3, 0.4) is 0 Å². The van der Waals surface area contributed by atoms with Crippen molar-refractivity contribution < 1.29 is 9.47 Å². The van der Waals surface area contributed by atoms with E-state index in [0.717, 1.165) is 16.9 Å². The minimum absolute atomic E-state index is 0.509. The predicted octanol–water partition coefficient (Wildman–Crippen LogP) is 2.92. The molecule has 0 aliphatic rings. The molecule has 6 heteroatoms. The zero-order valence-corrected chi connectivity index (χ0v) is 13.8. The summed E-state index contributed by atoms with van der Waals surface area (Å²) in [5.41, 5.74) is 6.61. The van der Waals surface area contributed by atoms with Crippen molar-refractivity contribution in [1.29, 1.82) is 0 Å². The first-order chi connectivity index (χ1) is 11.7. The molecule has 24 heavy (non-hydrogen) atoms. The Kier molecular flexibility index (Phi) is 4.96. The number of ether oxygens (including phenoxy) is 2. The average Bonchev–Trinajstić information content (AvgIpc) is 3.13. The Hall–Kier alpha value is -3.02. The lowest BCUT2D eigenvalue weighted by atomic mass is 10.1. The van der Waals surface area contributed by atoms with Gasteiger partial charge in [0.15, 0.2) is 11.5 Å². The van der Waals surface area contributed by atoms with Crippen molar-refractivity contribution in [3.05, 3.63) is 71.8 Å². The maximum absolute atomic E-state index is 5.89. The van der Waals surface area contributed by atoms with E-state index in [1.54, 1.807) is 24.4 Å². The smallest absolute Gasteiger partial charge is 0.161 e. The molecule has 0 aliphatic heterocycles. The number of aryl methyl sites for hydroxylation is 1. The number of aromatic nitrogens is 3. The molecule has 1 aromatic heterocycles. The average molecular weight is 324 g/mol. The molecule has 6 nitrogen and oxygen atoms in total. The molecule has 0 saturated heterocycles. The molecule has 0 aliphatic carbocycles. The SMILES string of the molecule is COc1cc(CNn2cnnc2)ccc1OCc1ccc(C)cc1. The topological polar surface area (TPSA) is 61.2 Å². The summed E-state index contributed by atoms with van der Waals surface area (Å²) in [5.74, 6) is 1.44. The largest absolute Gasteiger partial charge is 0.493 e. The van der Waals surface area contributed by atoms with Gasteiger partial charge in [0.25, 0.3) is 0 Å². The highest BCUT2D eigenvalue weighted by molar-refractivity contribution is 5.43. The van der Waals surface area contributed by atoms with E-state index in [2.05, 4.69) is 46.8 Å². The van der Waals surface area contributed by atoms with E-state index >= 15 is 0 Å². The van der Waals surface area contributed by atoms with Crippen LogP contribution in [0.2, 0.25) is 0 Å². The van der Waals surface area contributed by atoms with Gasteiger partial charge in [0.2, 0.25) is 0 Å². The quantitative estimate of drug-likeness (QED) is 0.724. The van der Waals surface area contributed by atoms with Gasteiger partial charge < -0.3 is 14.9 Å². The van der Waals surface area contributed by atoms with Crippen molar-refractivity contribution in [2.75, 3.05) is 12.5 Å². The predicted molar refractivity (Wildman–Crippen MR) is 91.6 cm³/mol. The van der Waals surface area contributed by atoms with E-state index in [1.807, 2.05) is 18.2 Å². The van der Waals surface area contributed by atoms with Gasteiger partial charge in [-0.05, 0) is 30.2 Å². The standard InChI is InChI=1S/C18H20N4O2/c1-14-3-5-15(6-4-14)11-24-17-8-7-16(9-18(17)23-2)10-21-22-12-19-20-13-22/h3-9,12-13,21H,10-11H2,1-2H3. The molecular weight excluding hydrogens is 304 g/mol. The van der Waals surface area contributed by atoms with Gasteiger partial charge in [-0.2, -0.15) is 0 Å². The van der Waals surface area contributed by atoms with E-state index in [0.29, 0.717) is 18.9 Å². The van der Waals surface area contributed by atoms with Gasteiger partial charge >= 0.3 is 0 Å². The van der Waals surface area contributed by atoms with E-state index in [-0.39, 0.29) is 0 Å². The number of rotatable bonds is 7. The van der Waals surface area contributed by atoms with Crippen LogP contribution < -0.4 is 14.9 Å². The molecule has 2 aromatic carbocycles. The molecule has 0 bridgehead atoms. The Bertz CT molecular complexity index is 770. The molecular formula is C18H20N4O2. The molecule has 0 atom stereocenters. The highest BCUT2D eigenvalue weighted by Gasteiger charge is 2.06.